The summed E-state index contributed by atoms with van der Waals surface area (Å²) in [5.41, 5.74) is 2.71. The van der Waals surface area contributed by atoms with Crippen molar-refractivity contribution >= 4 is 21.6 Å². The molecule has 1 unspecified atom stereocenters. The minimum absolute atomic E-state index is 0.299. The van der Waals surface area contributed by atoms with Gasteiger partial charge < -0.3 is 15.3 Å². The maximum atomic E-state index is 9.06. The minimum Gasteiger partial charge on any atom is -0.396 e. The quantitative estimate of drug-likeness (QED) is 0.799. The van der Waals surface area contributed by atoms with E-state index in [1.54, 1.807) is 0 Å². The SMILES string of the molecule is CCNCc1ccc(Br)cc1N1CCCC1CCCO. The summed E-state index contributed by atoms with van der Waals surface area (Å²) in [6.07, 6.45) is 4.48. The van der Waals surface area contributed by atoms with Crippen molar-refractivity contribution < 1.29 is 5.11 Å². The molecule has 2 rings (SSSR count). The number of anilines is 1. The highest BCUT2D eigenvalue weighted by molar-refractivity contribution is 9.10. The Hall–Kier alpha value is -0.580. The van der Waals surface area contributed by atoms with Crippen molar-refractivity contribution in [2.75, 3.05) is 24.6 Å². The number of aliphatic hydroxyl groups is 1. The molecule has 1 aliphatic rings. The summed E-state index contributed by atoms with van der Waals surface area (Å²) in [4.78, 5) is 2.53. The van der Waals surface area contributed by atoms with Crippen molar-refractivity contribution in [2.45, 2.75) is 45.2 Å². The highest BCUT2D eigenvalue weighted by atomic mass is 79.9. The molecule has 0 aromatic heterocycles. The Labute approximate surface area is 130 Å². The van der Waals surface area contributed by atoms with E-state index in [9.17, 15) is 0 Å². The predicted octanol–water partition coefficient (Wildman–Crippen LogP) is 3.30. The van der Waals surface area contributed by atoms with Crippen molar-refractivity contribution in [1.29, 1.82) is 0 Å². The summed E-state index contributed by atoms with van der Waals surface area (Å²) < 4.78 is 1.14. The molecule has 0 bridgehead atoms. The largest absolute Gasteiger partial charge is 0.396 e. The normalized spacial score (nSPS) is 18.8. The van der Waals surface area contributed by atoms with E-state index in [2.05, 4.69) is 51.3 Å². The Balaban J connectivity index is 2.18. The molecule has 1 aliphatic heterocycles. The average molecular weight is 341 g/mol. The second kappa shape index (κ2) is 8.01. The van der Waals surface area contributed by atoms with E-state index >= 15 is 0 Å². The molecule has 0 radical (unpaired) electrons. The summed E-state index contributed by atoms with van der Waals surface area (Å²) >= 11 is 3.60. The third-order valence-corrected chi connectivity index (χ3v) is 4.49. The minimum atomic E-state index is 0.299. The molecule has 1 saturated heterocycles. The lowest BCUT2D eigenvalue weighted by atomic mass is 10.1. The van der Waals surface area contributed by atoms with Crippen LogP contribution in [0, 0.1) is 0 Å². The Morgan fingerprint density at radius 3 is 3.05 bits per heavy atom. The maximum absolute atomic E-state index is 9.06. The number of nitrogens with one attached hydrogen (secondary N) is 1. The van der Waals surface area contributed by atoms with E-state index in [0.29, 0.717) is 12.6 Å². The Bertz CT molecular complexity index is 425. The van der Waals surface area contributed by atoms with Crippen LogP contribution in [0.25, 0.3) is 0 Å². The molecule has 2 N–H and O–H groups in total. The van der Waals surface area contributed by atoms with E-state index in [4.69, 9.17) is 5.11 Å². The molecule has 1 fully saturated rings. The van der Waals surface area contributed by atoms with Gasteiger partial charge in [-0.3, -0.25) is 0 Å². The Morgan fingerprint density at radius 1 is 1.45 bits per heavy atom. The molecule has 1 heterocycles. The molecule has 20 heavy (non-hydrogen) atoms. The van der Waals surface area contributed by atoms with Crippen LogP contribution < -0.4 is 10.2 Å². The van der Waals surface area contributed by atoms with Crippen molar-refractivity contribution in [3.8, 4) is 0 Å². The van der Waals surface area contributed by atoms with E-state index < -0.39 is 0 Å². The summed E-state index contributed by atoms with van der Waals surface area (Å²) in [5.74, 6) is 0. The van der Waals surface area contributed by atoms with Crippen LogP contribution in [-0.4, -0.2) is 30.8 Å². The summed E-state index contributed by atoms with van der Waals surface area (Å²) in [5, 5.41) is 12.5. The summed E-state index contributed by atoms with van der Waals surface area (Å²) in [7, 11) is 0. The number of hydrogen-bond donors (Lipinski definition) is 2. The second-order valence-corrected chi connectivity index (χ2v) is 6.32. The third-order valence-electron chi connectivity index (χ3n) is 3.99. The first-order chi connectivity index (χ1) is 9.76. The van der Waals surface area contributed by atoms with Crippen LogP contribution >= 0.6 is 15.9 Å². The zero-order chi connectivity index (χ0) is 14.4. The first kappa shape index (κ1) is 15.8. The first-order valence-corrected chi connectivity index (χ1v) is 8.42. The molecule has 0 saturated carbocycles. The lowest BCUT2D eigenvalue weighted by molar-refractivity contribution is 0.279. The van der Waals surface area contributed by atoms with Gasteiger partial charge in [0.1, 0.15) is 0 Å². The molecular weight excluding hydrogens is 316 g/mol. The van der Waals surface area contributed by atoms with Crippen molar-refractivity contribution in [3.63, 3.8) is 0 Å². The van der Waals surface area contributed by atoms with Crippen molar-refractivity contribution in [2.24, 2.45) is 0 Å². The van der Waals surface area contributed by atoms with Gasteiger partial charge in [-0.25, -0.2) is 0 Å². The first-order valence-electron chi connectivity index (χ1n) is 7.63. The number of halogens is 1. The Kier molecular flexibility index (Phi) is 6.33. The van der Waals surface area contributed by atoms with Crippen LogP contribution in [0.2, 0.25) is 0 Å². The van der Waals surface area contributed by atoms with Gasteiger partial charge in [0, 0.05) is 35.9 Å². The number of aliphatic hydroxyl groups excluding tert-OH is 1. The number of benzene rings is 1. The lowest BCUT2D eigenvalue weighted by Crippen LogP contribution is -2.31. The van der Waals surface area contributed by atoms with Gasteiger partial charge in [0.25, 0.3) is 0 Å². The molecule has 0 amide bonds. The Morgan fingerprint density at radius 2 is 2.30 bits per heavy atom. The van der Waals surface area contributed by atoms with Gasteiger partial charge >= 0.3 is 0 Å². The fourth-order valence-corrected chi connectivity index (χ4v) is 3.34. The third kappa shape index (κ3) is 3.96. The highest BCUT2D eigenvalue weighted by Gasteiger charge is 2.25. The van der Waals surface area contributed by atoms with Gasteiger partial charge in [-0.1, -0.05) is 28.9 Å². The van der Waals surface area contributed by atoms with Gasteiger partial charge in [-0.15, -0.1) is 0 Å². The topological polar surface area (TPSA) is 35.5 Å². The molecule has 0 spiro atoms. The molecule has 3 nitrogen and oxygen atoms in total. The van der Waals surface area contributed by atoms with Gasteiger partial charge in [-0.2, -0.15) is 0 Å². The summed E-state index contributed by atoms with van der Waals surface area (Å²) in [6.45, 7) is 5.48. The number of rotatable bonds is 7. The summed E-state index contributed by atoms with van der Waals surface area (Å²) in [6, 6.07) is 7.15. The van der Waals surface area contributed by atoms with Crippen LogP contribution in [-0.2, 0) is 6.54 Å². The predicted molar refractivity (Wildman–Crippen MR) is 88.2 cm³/mol. The number of hydrogen-bond acceptors (Lipinski definition) is 3. The maximum Gasteiger partial charge on any atom is 0.0431 e. The smallest absolute Gasteiger partial charge is 0.0431 e. The van der Waals surface area contributed by atoms with Crippen LogP contribution in [0.4, 0.5) is 5.69 Å². The average Bonchev–Trinajstić information content (AvgIpc) is 2.92. The van der Waals surface area contributed by atoms with Gasteiger partial charge in [0.15, 0.2) is 0 Å². The molecular formula is C16H25BrN2O. The fraction of sp³-hybridized carbons (Fsp3) is 0.625. The highest BCUT2D eigenvalue weighted by Crippen LogP contribution is 2.32. The molecule has 112 valence electrons. The van der Waals surface area contributed by atoms with Crippen LogP contribution in [0.5, 0.6) is 0 Å². The zero-order valence-electron chi connectivity index (χ0n) is 12.2. The monoisotopic (exact) mass is 340 g/mol. The van der Waals surface area contributed by atoms with Crippen LogP contribution in [0.1, 0.15) is 38.2 Å². The van der Waals surface area contributed by atoms with Gasteiger partial charge in [-0.05, 0) is 49.9 Å². The number of nitrogens with zero attached hydrogens (tertiary/aromatic N) is 1. The molecule has 1 aromatic rings. The van der Waals surface area contributed by atoms with E-state index in [0.717, 1.165) is 36.9 Å². The van der Waals surface area contributed by atoms with E-state index in [1.807, 2.05) is 0 Å². The van der Waals surface area contributed by atoms with E-state index in [-0.39, 0.29) is 0 Å². The van der Waals surface area contributed by atoms with Crippen LogP contribution in [0.3, 0.4) is 0 Å². The molecule has 4 heteroatoms. The molecule has 0 aliphatic carbocycles. The molecule has 1 aromatic carbocycles. The van der Waals surface area contributed by atoms with Crippen molar-refractivity contribution in [3.05, 3.63) is 28.2 Å². The van der Waals surface area contributed by atoms with Gasteiger partial charge in [0.05, 0.1) is 0 Å². The molecule has 1 atom stereocenters. The zero-order valence-corrected chi connectivity index (χ0v) is 13.8. The second-order valence-electron chi connectivity index (χ2n) is 5.41. The fourth-order valence-electron chi connectivity index (χ4n) is 2.99. The van der Waals surface area contributed by atoms with Gasteiger partial charge in [0.2, 0.25) is 0 Å². The van der Waals surface area contributed by atoms with Crippen molar-refractivity contribution in [1.82, 2.24) is 5.32 Å². The standard InChI is InChI=1S/C16H25BrN2O/c1-2-18-12-13-7-8-14(17)11-16(13)19-9-3-5-15(19)6-4-10-20/h7-8,11,15,18,20H,2-6,9-10,12H2,1H3. The lowest BCUT2D eigenvalue weighted by Gasteiger charge is -2.29. The van der Waals surface area contributed by atoms with Crippen LogP contribution in [0.15, 0.2) is 22.7 Å². The van der Waals surface area contributed by atoms with E-state index in [1.165, 1.54) is 24.1 Å².